The van der Waals surface area contributed by atoms with E-state index in [1.807, 2.05) is 42.5 Å². The average Bonchev–Trinajstić information content (AvgIpc) is 2.90. The Kier molecular flexibility index (Phi) is 10.4. The van der Waals surface area contributed by atoms with E-state index in [2.05, 4.69) is 21.2 Å². The number of carbonyl (C=O) groups excluding carboxylic acids is 2. The van der Waals surface area contributed by atoms with Crippen LogP contribution in [0.3, 0.4) is 0 Å². The smallest absolute Gasteiger partial charge is 0.271 e. The number of non-ortho nitro benzene ring substituents is 1. The summed E-state index contributed by atoms with van der Waals surface area (Å²) < 4.78 is 27.5. The highest BCUT2D eigenvalue weighted by Gasteiger charge is 2.33. The number of hydrogen-bond acceptors (Lipinski definition) is 6. The number of nitrogens with one attached hydrogen (secondary N) is 1. The first-order valence-corrected chi connectivity index (χ1v) is 15.1. The lowest BCUT2D eigenvalue weighted by Crippen LogP contribution is -2.53. The van der Waals surface area contributed by atoms with E-state index in [-0.39, 0.29) is 30.2 Å². The zero-order valence-electron chi connectivity index (χ0n) is 22.4. The zero-order chi connectivity index (χ0) is 29.4. The van der Waals surface area contributed by atoms with Gasteiger partial charge in [0, 0.05) is 36.1 Å². The minimum absolute atomic E-state index is 0.0197. The van der Waals surface area contributed by atoms with Gasteiger partial charge in [0.05, 0.1) is 16.9 Å². The van der Waals surface area contributed by atoms with Gasteiger partial charge < -0.3 is 10.2 Å². The Morgan fingerprint density at radius 3 is 2.25 bits per heavy atom. The van der Waals surface area contributed by atoms with Crippen molar-refractivity contribution in [2.75, 3.05) is 23.7 Å². The van der Waals surface area contributed by atoms with E-state index in [1.54, 1.807) is 26.0 Å². The van der Waals surface area contributed by atoms with E-state index in [4.69, 9.17) is 0 Å². The molecule has 0 fully saturated rings. The lowest BCUT2D eigenvalue weighted by Gasteiger charge is -2.33. The van der Waals surface area contributed by atoms with E-state index in [0.29, 0.717) is 12.1 Å². The summed E-state index contributed by atoms with van der Waals surface area (Å²) in [5, 5.41) is 14.2. The average molecular weight is 632 g/mol. The molecule has 40 heavy (non-hydrogen) atoms. The molecule has 0 heterocycles. The Morgan fingerprint density at radius 1 is 1.02 bits per heavy atom. The molecule has 0 spiro atoms. The highest BCUT2D eigenvalue weighted by Crippen LogP contribution is 2.28. The molecule has 212 valence electrons. The minimum Gasteiger partial charge on any atom is -0.355 e. The summed E-state index contributed by atoms with van der Waals surface area (Å²) in [7, 11) is -4.05. The first-order valence-electron chi connectivity index (χ1n) is 12.5. The van der Waals surface area contributed by atoms with Crippen LogP contribution in [0.25, 0.3) is 0 Å². The molecule has 3 aromatic carbocycles. The summed E-state index contributed by atoms with van der Waals surface area (Å²) in [6.45, 7) is 3.10. The largest absolute Gasteiger partial charge is 0.355 e. The molecule has 0 aliphatic carbocycles. The molecule has 2 amide bonds. The van der Waals surface area contributed by atoms with Crippen LogP contribution >= 0.6 is 15.9 Å². The topological polar surface area (TPSA) is 130 Å². The van der Waals surface area contributed by atoms with Crippen molar-refractivity contribution in [1.29, 1.82) is 0 Å². The number of amides is 2. The number of rotatable bonds is 12. The molecule has 3 aromatic rings. The third kappa shape index (κ3) is 8.12. The Morgan fingerprint density at radius 2 is 1.68 bits per heavy atom. The highest BCUT2D eigenvalue weighted by molar-refractivity contribution is 9.10. The summed E-state index contributed by atoms with van der Waals surface area (Å²) in [6.07, 6.45) is 1.13. The van der Waals surface area contributed by atoms with Gasteiger partial charge >= 0.3 is 0 Å². The summed E-state index contributed by atoms with van der Waals surface area (Å²) in [6, 6.07) is 19.3. The second-order valence-electron chi connectivity index (χ2n) is 9.25. The van der Waals surface area contributed by atoms with Gasteiger partial charge in [0.2, 0.25) is 21.8 Å². The number of aryl methyl sites for hydroxylation is 1. The Labute approximate surface area is 242 Å². The maximum Gasteiger partial charge on any atom is 0.271 e. The maximum absolute atomic E-state index is 14.0. The van der Waals surface area contributed by atoms with Crippen molar-refractivity contribution in [3.05, 3.63) is 104 Å². The highest BCUT2D eigenvalue weighted by atomic mass is 79.9. The van der Waals surface area contributed by atoms with Gasteiger partial charge in [-0.05, 0) is 42.7 Å². The molecule has 0 bridgehead atoms. The van der Waals surface area contributed by atoms with Crippen LogP contribution in [0, 0.1) is 17.0 Å². The standard InChI is InChI=1S/C28H31BrN4O6S/c1-4-30-28(35)26(16-21-8-6-5-7-9-21)31(18-22-11-13-23(29)14-12-22)27(34)19-32(40(3,38)39)25-17-24(33(36)37)15-10-20(25)2/h5-15,17,26H,4,16,18-19H2,1-3H3,(H,30,35). The lowest BCUT2D eigenvalue weighted by molar-refractivity contribution is -0.384. The van der Waals surface area contributed by atoms with Gasteiger partial charge in [-0.1, -0.05) is 64.5 Å². The fourth-order valence-corrected chi connectivity index (χ4v) is 5.37. The van der Waals surface area contributed by atoms with Gasteiger partial charge in [0.15, 0.2) is 0 Å². The Hall–Kier alpha value is -3.77. The van der Waals surface area contributed by atoms with Crippen LogP contribution in [0.2, 0.25) is 0 Å². The second-order valence-corrected chi connectivity index (χ2v) is 12.1. The monoisotopic (exact) mass is 630 g/mol. The molecule has 3 rings (SSSR count). The van der Waals surface area contributed by atoms with Gasteiger partial charge in [-0.3, -0.25) is 24.0 Å². The summed E-state index contributed by atoms with van der Waals surface area (Å²) in [4.78, 5) is 39.5. The van der Waals surface area contributed by atoms with Crippen molar-refractivity contribution in [3.8, 4) is 0 Å². The molecule has 0 aromatic heterocycles. The van der Waals surface area contributed by atoms with Crippen LogP contribution in [0.15, 0.2) is 77.3 Å². The van der Waals surface area contributed by atoms with Crippen LogP contribution < -0.4 is 9.62 Å². The van der Waals surface area contributed by atoms with E-state index in [0.717, 1.165) is 32.2 Å². The SMILES string of the molecule is CCNC(=O)C(Cc1ccccc1)N(Cc1ccc(Br)cc1)C(=O)CN(c1cc([N+](=O)[O-])ccc1C)S(C)(=O)=O. The molecule has 1 unspecified atom stereocenters. The molecule has 1 N–H and O–H groups in total. The molecule has 0 radical (unpaired) electrons. The molecular weight excluding hydrogens is 600 g/mol. The van der Waals surface area contributed by atoms with Crippen molar-refractivity contribution >= 4 is 49.1 Å². The molecule has 12 heteroatoms. The lowest BCUT2D eigenvalue weighted by atomic mass is 10.0. The zero-order valence-corrected chi connectivity index (χ0v) is 24.8. The first-order chi connectivity index (χ1) is 18.9. The molecule has 0 saturated carbocycles. The van der Waals surface area contributed by atoms with Crippen LogP contribution in [0.5, 0.6) is 0 Å². The Balaban J connectivity index is 2.08. The number of nitrogens with zero attached hydrogens (tertiary/aromatic N) is 3. The predicted molar refractivity (Wildman–Crippen MR) is 157 cm³/mol. The Bertz CT molecular complexity index is 1470. The molecule has 0 aliphatic rings. The van der Waals surface area contributed by atoms with Crippen molar-refractivity contribution in [2.24, 2.45) is 0 Å². The van der Waals surface area contributed by atoms with Gasteiger partial charge in [0.25, 0.3) is 5.69 Å². The molecule has 1 atom stereocenters. The molecule has 0 saturated heterocycles. The van der Waals surface area contributed by atoms with Gasteiger partial charge in [0.1, 0.15) is 12.6 Å². The normalized spacial score (nSPS) is 11.9. The summed E-state index contributed by atoms with van der Waals surface area (Å²) in [5.74, 6) is -1.01. The van der Waals surface area contributed by atoms with Crippen LogP contribution in [0.4, 0.5) is 11.4 Å². The first kappa shape index (κ1) is 30.8. The fourth-order valence-electron chi connectivity index (χ4n) is 4.21. The van der Waals surface area contributed by atoms with Crippen molar-refractivity contribution in [3.63, 3.8) is 0 Å². The number of nitro benzene ring substituents is 1. The number of nitro groups is 1. The van der Waals surface area contributed by atoms with Crippen LogP contribution in [-0.2, 0) is 32.6 Å². The number of benzene rings is 3. The molecule has 0 aliphatic heterocycles. The number of carbonyl (C=O) groups is 2. The number of hydrogen-bond donors (Lipinski definition) is 1. The third-order valence-corrected chi connectivity index (χ3v) is 7.89. The number of sulfonamides is 1. The van der Waals surface area contributed by atoms with Crippen molar-refractivity contribution < 1.29 is 22.9 Å². The summed E-state index contributed by atoms with van der Waals surface area (Å²) in [5.41, 5.74) is 1.70. The number of likely N-dealkylation sites (N-methyl/N-ethyl adjacent to an activating group) is 1. The van der Waals surface area contributed by atoms with E-state index < -0.39 is 33.4 Å². The van der Waals surface area contributed by atoms with E-state index >= 15 is 0 Å². The van der Waals surface area contributed by atoms with Crippen LogP contribution in [0.1, 0.15) is 23.6 Å². The number of halogens is 1. The van der Waals surface area contributed by atoms with Crippen molar-refractivity contribution in [2.45, 2.75) is 32.9 Å². The summed E-state index contributed by atoms with van der Waals surface area (Å²) >= 11 is 3.39. The number of anilines is 1. The molecular formula is C28H31BrN4O6S. The fraction of sp³-hybridized carbons (Fsp3) is 0.286. The van der Waals surface area contributed by atoms with Crippen molar-refractivity contribution in [1.82, 2.24) is 10.2 Å². The molecule has 10 nitrogen and oxygen atoms in total. The van der Waals surface area contributed by atoms with Gasteiger partial charge in [-0.25, -0.2) is 8.42 Å². The quantitative estimate of drug-likeness (QED) is 0.236. The minimum atomic E-state index is -4.05. The van der Waals surface area contributed by atoms with Gasteiger partial charge in [-0.15, -0.1) is 0 Å². The van der Waals surface area contributed by atoms with Crippen LogP contribution in [-0.4, -0.2) is 55.4 Å². The van der Waals surface area contributed by atoms with Gasteiger partial charge in [-0.2, -0.15) is 0 Å². The second kappa shape index (κ2) is 13.5. The predicted octanol–water partition coefficient (Wildman–Crippen LogP) is 4.21. The third-order valence-electron chi connectivity index (χ3n) is 6.24. The van der Waals surface area contributed by atoms with E-state index in [9.17, 15) is 28.1 Å². The maximum atomic E-state index is 14.0. The van der Waals surface area contributed by atoms with E-state index in [1.165, 1.54) is 17.0 Å².